The van der Waals surface area contributed by atoms with Crippen molar-refractivity contribution in [1.29, 1.82) is 0 Å². The summed E-state index contributed by atoms with van der Waals surface area (Å²) in [6.45, 7) is 0.187. The Morgan fingerprint density at radius 3 is 2.68 bits per heavy atom. The van der Waals surface area contributed by atoms with Gasteiger partial charge in [-0.2, -0.15) is 10.1 Å². The Morgan fingerprint density at radius 1 is 1.16 bits per heavy atom. The van der Waals surface area contributed by atoms with Gasteiger partial charge in [-0.15, -0.1) is 0 Å². The minimum atomic E-state index is -0.375. The van der Waals surface area contributed by atoms with Gasteiger partial charge >= 0.3 is 0 Å². The Bertz CT molecular complexity index is 865. The van der Waals surface area contributed by atoms with Gasteiger partial charge in [0.2, 0.25) is 5.95 Å². The van der Waals surface area contributed by atoms with Crippen LogP contribution in [-0.4, -0.2) is 29.4 Å². The number of hydrogen-bond acceptors (Lipinski definition) is 5. The minimum Gasteiger partial charge on any atom is -0.493 e. The van der Waals surface area contributed by atoms with Crippen LogP contribution in [0.25, 0.3) is 11.4 Å². The van der Waals surface area contributed by atoms with Crippen LogP contribution < -0.4 is 14.8 Å². The minimum absolute atomic E-state index is 0.187. The molecule has 0 radical (unpaired) electrons. The number of nitrogens with zero attached hydrogens (tertiary/aromatic N) is 2. The van der Waals surface area contributed by atoms with Crippen LogP contribution in [0.3, 0.4) is 0 Å². The lowest BCUT2D eigenvalue weighted by molar-refractivity contribution is 0.355. The Labute approximate surface area is 149 Å². The summed E-state index contributed by atoms with van der Waals surface area (Å²) in [4.78, 5) is 4.35. The Balaban J connectivity index is 1.77. The molecule has 1 aromatic heterocycles. The highest BCUT2D eigenvalue weighted by molar-refractivity contribution is 6.31. The number of methoxy groups -OCH3 is 2. The fourth-order valence-corrected chi connectivity index (χ4v) is 2.55. The molecule has 0 bridgehead atoms. The summed E-state index contributed by atoms with van der Waals surface area (Å²) in [5, 5.41) is 10.3. The normalized spacial score (nSPS) is 10.6. The van der Waals surface area contributed by atoms with E-state index in [1.54, 1.807) is 38.5 Å². The SMILES string of the molecule is COc1ccc(-c2n[nH]c(NCc3c(F)cccc3Cl)n2)cc1OC. The molecule has 2 N–H and O–H groups in total. The van der Waals surface area contributed by atoms with Crippen molar-refractivity contribution < 1.29 is 13.9 Å². The van der Waals surface area contributed by atoms with Gasteiger partial charge in [-0.05, 0) is 30.3 Å². The van der Waals surface area contributed by atoms with Crippen LogP contribution in [0.1, 0.15) is 5.56 Å². The third kappa shape index (κ3) is 3.66. The lowest BCUT2D eigenvalue weighted by Crippen LogP contribution is -2.03. The number of rotatable bonds is 6. The second-order valence-electron chi connectivity index (χ2n) is 5.13. The molecule has 3 aromatic rings. The molecule has 1 heterocycles. The molecule has 0 spiro atoms. The third-order valence-corrected chi connectivity index (χ3v) is 3.98. The van der Waals surface area contributed by atoms with Crippen molar-refractivity contribution in [3.63, 3.8) is 0 Å². The van der Waals surface area contributed by atoms with E-state index < -0.39 is 0 Å². The van der Waals surface area contributed by atoms with Gasteiger partial charge in [0, 0.05) is 22.7 Å². The highest BCUT2D eigenvalue weighted by atomic mass is 35.5. The number of halogens is 2. The highest BCUT2D eigenvalue weighted by Crippen LogP contribution is 2.31. The van der Waals surface area contributed by atoms with Gasteiger partial charge in [-0.1, -0.05) is 17.7 Å². The summed E-state index contributed by atoms with van der Waals surface area (Å²) < 4.78 is 24.3. The number of aromatic amines is 1. The van der Waals surface area contributed by atoms with Crippen LogP contribution in [0.5, 0.6) is 11.5 Å². The van der Waals surface area contributed by atoms with Gasteiger partial charge in [0.15, 0.2) is 17.3 Å². The Hall–Kier alpha value is -2.80. The smallest absolute Gasteiger partial charge is 0.219 e. The van der Waals surface area contributed by atoms with E-state index in [1.165, 1.54) is 6.07 Å². The summed E-state index contributed by atoms with van der Waals surface area (Å²) >= 11 is 6.01. The van der Waals surface area contributed by atoms with Gasteiger partial charge in [0.05, 0.1) is 14.2 Å². The van der Waals surface area contributed by atoms with Crippen molar-refractivity contribution >= 4 is 17.5 Å². The van der Waals surface area contributed by atoms with Gasteiger partial charge in [0.1, 0.15) is 5.82 Å². The maximum absolute atomic E-state index is 13.8. The number of ether oxygens (including phenoxy) is 2. The van der Waals surface area contributed by atoms with Crippen molar-refractivity contribution in [3.05, 3.63) is 52.8 Å². The lowest BCUT2D eigenvalue weighted by Gasteiger charge is -2.08. The highest BCUT2D eigenvalue weighted by Gasteiger charge is 2.12. The topological polar surface area (TPSA) is 72.1 Å². The quantitative estimate of drug-likeness (QED) is 0.696. The van der Waals surface area contributed by atoms with E-state index >= 15 is 0 Å². The summed E-state index contributed by atoms with van der Waals surface area (Å²) in [6.07, 6.45) is 0. The predicted molar refractivity (Wildman–Crippen MR) is 93.7 cm³/mol. The molecule has 6 nitrogen and oxygen atoms in total. The second-order valence-corrected chi connectivity index (χ2v) is 5.54. The average Bonchev–Trinajstić information content (AvgIpc) is 3.09. The first-order chi connectivity index (χ1) is 12.1. The largest absolute Gasteiger partial charge is 0.493 e. The van der Waals surface area contributed by atoms with Gasteiger partial charge in [0.25, 0.3) is 0 Å². The summed E-state index contributed by atoms with van der Waals surface area (Å²) in [5.41, 5.74) is 1.12. The van der Waals surface area contributed by atoms with E-state index in [9.17, 15) is 4.39 Å². The molecule has 0 saturated carbocycles. The average molecular weight is 363 g/mol. The van der Waals surface area contributed by atoms with Crippen LogP contribution in [-0.2, 0) is 6.54 Å². The van der Waals surface area contributed by atoms with E-state index in [-0.39, 0.29) is 12.4 Å². The van der Waals surface area contributed by atoms with E-state index in [0.717, 1.165) is 5.56 Å². The maximum atomic E-state index is 13.8. The van der Waals surface area contributed by atoms with Crippen molar-refractivity contribution in [1.82, 2.24) is 15.2 Å². The summed E-state index contributed by atoms with van der Waals surface area (Å²) in [7, 11) is 3.13. The Kier molecular flexibility index (Phi) is 5.04. The number of H-pyrrole nitrogens is 1. The number of nitrogens with one attached hydrogen (secondary N) is 2. The zero-order valence-electron chi connectivity index (χ0n) is 13.6. The molecule has 130 valence electrons. The fraction of sp³-hybridized carbons (Fsp3) is 0.176. The first kappa shape index (κ1) is 17.0. The molecule has 0 fully saturated rings. The monoisotopic (exact) mass is 362 g/mol. The molecule has 0 atom stereocenters. The number of aromatic nitrogens is 3. The van der Waals surface area contributed by atoms with Crippen molar-refractivity contribution in [2.24, 2.45) is 0 Å². The zero-order chi connectivity index (χ0) is 17.8. The number of hydrogen-bond donors (Lipinski definition) is 2. The molecule has 0 aliphatic carbocycles. The third-order valence-electron chi connectivity index (χ3n) is 3.62. The number of anilines is 1. The van der Waals surface area contributed by atoms with Crippen LogP contribution >= 0.6 is 11.6 Å². The molecule has 25 heavy (non-hydrogen) atoms. The van der Waals surface area contributed by atoms with Gasteiger partial charge in [-0.25, -0.2) is 9.49 Å². The van der Waals surface area contributed by atoms with Crippen LogP contribution in [0.2, 0.25) is 5.02 Å². The second kappa shape index (κ2) is 7.40. The summed E-state index contributed by atoms with van der Waals surface area (Å²) in [5.74, 6) is 1.71. The van der Waals surface area contributed by atoms with Crippen LogP contribution in [0.4, 0.5) is 10.3 Å². The molecule has 0 aliphatic rings. The molecule has 8 heteroatoms. The van der Waals surface area contributed by atoms with E-state index in [2.05, 4.69) is 20.5 Å². The summed E-state index contributed by atoms with van der Waals surface area (Å²) in [6, 6.07) is 9.93. The van der Waals surface area contributed by atoms with E-state index in [1.807, 2.05) is 6.07 Å². The molecule has 2 aromatic carbocycles. The van der Waals surface area contributed by atoms with Crippen molar-refractivity contribution in [2.45, 2.75) is 6.54 Å². The molecular formula is C17H16ClFN4O2. The maximum Gasteiger partial charge on any atom is 0.219 e. The van der Waals surface area contributed by atoms with Crippen molar-refractivity contribution in [2.75, 3.05) is 19.5 Å². The first-order valence-electron chi connectivity index (χ1n) is 7.44. The van der Waals surface area contributed by atoms with Crippen LogP contribution in [0, 0.1) is 5.82 Å². The van der Waals surface area contributed by atoms with Gasteiger partial charge in [-0.3, -0.25) is 0 Å². The standard InChI is InChI=1S/C17H16ClFN4O2/c1-24-14-7-6-10(8-15(14)25-2)16-21-17(23-22-16)20-9-11-12(18)4-3-5-13(11)19/h3-8H,9H2,1-2H3,(H2,20,21,22,23). The molecule has 0 amide bonds. The zero-order valence-corrected chi connectivity index (χ0v) is 14.4. The first-order valence-corrected chi connectivity index (χ1v) is 7.81. The molecule has 0 unspecified atom stereocenters. The molecule has 3 rings (SSSR count). The Morgan fingerprint density at radius 2 is 1.96 bits per heavy atom. The fourth-order valence-electron chi connectivity index (χ4n) is 2.32. The lowest BCUT2D eigenvalue weighted by atomic mass is 10.2. The predicted octanol–water partition coefficient (Wildman–Crippen LogP) is 3.89. The molecular weight excluding hydrogens is 347 g/mol. The molecule has 0 aliphatic heterocycles. The van der Waals surface area contributed by atoms with E-state index in [0.29, 0.717) is 33.9 Å². The molecule has 0 saturated heterocycles. The van der Waals surface area contributed by atoms with Gasteiger partial charge < -0.3 is 14.8 Å². The van der Waals surface area contributed by atoms with E-state index in [4.69, 9.17) is 21.1 Å². The van der Waals surface area contributed by atoms with Crippen molar-refractivity contribution in [3.8, 4) is 22.9 Å². The number of benzene rings is 2. The van der Waals surface area contributed by atoms with Crippen LogP contribution in [0.15, 0.2) is 36.4 Å².